The molecule has 0 saturated carbocycles. The molecule has 32 heavy (non-hydrogen) atoms. The van der Waals surface area contributed by atoms with Gasteiger partial charge in [0.1, 0.15) is 5.01 Å². The summed E-state index contributed by atoms with van der Waals surface area (Å²) >= 11 is 1.57. The number of anilines is 1. The summed E-state index contributed by atoms with van der Waals surface area (Å²) in [6.45, 7) is 3.06. The van der Waals surface area contributed by atoms with Crippen LogP contribution in [-0.4, -0.2) is 46.8 Å². The molecule has 1 fully saturated rings. The van der Waals surface area contributed by atoms with Crippen molar-refractivity contribution in [2.75, 3.05) is 24.5 Å². The van der Waals surface area contributed by atoms with Crippen LogP contribution < -0.4 is 4.90 Å². The van der Waals surface area contributed by atoms with Crippen molar-refractivity contribution in [2.24, 2.45) is 0 Å². The Morgan fingerprint density at radius 2 is 1.88 bits per heavy atom. The highest BCUT2D eigenvalue weighted by atomic mass is 32.1. The molecule has 0 radical (unpaired) electrons. The summed E-state index contributed by atoms with van der Waals surface area (Å²) in [5, 5.41) is 10.5. The molecule has 3 heterocycles. The van der Waals surface area contributed by atoms with Crippen LogP contribution in [0.4, 0.5) is 10.1 Å². The van der Waals surface area contributed by atoms with E-state index in [4.69, 9.17) is 4.98 Å². The number of thiazole rings is 1. The van der Waals surface area contributed by atoms with Crippen LogP contribution in [0.3, 0.4) is 0 Å². The zero-order valence-electron chi connectivity index (χ0n) is 17.4. The number of carbonyl (C=O) groups is 2. The van der Waals surface area contributed by atoms with Crippen molar-refractivity contribution >= 4 is 29.2 Å². The highest BCUT2D eigenvalue weighted by molar-refractivity contribution is 7.15. The predicted octanol–water partition coefficient (Wildman–Crippen LogP) is 4.27. The Bertz CT molecular complexity index is 1190. The third kappa shape index (κ3) is 3.75. The van der Waals surface area contributed by atoms with Crippen LogP contribution in [-0.2, 0) is 13.0 Å². The molecule has 0 bridgehead atoms. The molecular weight excluding hydrogens is 429 g/mol. The van der Waals surface area contributed by atoms with Crippen LogP contribution in [0.25, 0.3) is 10.6 Å². The van der Waals surface area contributed by atoms with Gasteiger partial charge in [0.25, 0.3) is 5.91 Å². The maximum Gasteiger partial charge on any atom is 0.254 e. The van der Waals surface area contributed by atoms with Gasteiger partial charge in [-0.3, -0.25) is 9.59 Å². The van der Waals surface area contributed by atoms with Gasteiger partial charge in [-0.15, -0.1) is 11.3 Å². The lowest BCUT2D eigenvalue weighted by atomic mass is 10.1. The summed E-state index contributed by atoms with van der Waals surface area (Å²) < 4.78 is 13.9. The largest absolute Gasteiger partial charge is 0.504 e. The van der Waals surface area contributed by atoms with E-state index in [1.165, 1.54) is 24.6 Å². The van der Waals surface area contributed by atoms with Crippen molar-refractivity contribution < 1.29 is 19.1 Å². The summed E-state index contributed by atoms with van der Waals surface area (Å²) in [5.41, 5.74) is 3.10. The second kappa shape index (κ2) is 8.35. The number of hydrogen-bond acceptors (Lipinski definition) is 6. The topological polar surface area (TPSA) is 73.7 Å². The van der Waals surface area contributed by atoms with E-state index in [-0.39, 0.29) is 17.0 Å². The smallest absolute Gasteiger partial charge is 0.254 e. The molecule has 3 aromatic rings. The summed E-state index contributed by atoms with van der Waals surface area (Å²) in [5.74, 6) is -2.09. The first-order valence-corrected chi connectivity index (χ1v) is 11.5. The second-order valence-electron chi connectivity index (χ2n) is 8.12. The SMILES string of the molecule is O=Cc1cc(C(=O)N2CCc3nc(-c4ccc(N5CCCC5)cc4)sc3C2)cc(F)c1O. The number of nitrogens with zero attached hydrogens (tertiary/aromatic N) is 3. The lowest BCUT2D eigenvalue weighted by Crippen LogP contribution is -2.35. The third-order valence-corrected chi connectivity index (χ3v) is 7.20. The summed E-state index contributed by atoms with van der Waals surface area (Å²) in [4.78, 5) is 33.8. The average molecular weight is 452 g/mol. The Hall–Kier alpha value is -3.26. The Balaban J connectivity index is 1.34. The number of halogens is 1. The zero-order valence-corrected chi connectivity index (χ0v) is 18.2. The lowest BCUT2D eigenvalue weighted by molar-refractivity contribution is 0.0735. The van der Waals surface area contributed by atoms with E-state index in [0.717, 1.165) is 40.3 Å². The van der Waals surface area contributed by atoms with Crippen LogP contribution in [0.1, 0.15) is 44.1 Å². The number of hydrogen-bond donors (Lipinski definition) is 1. The monoisotopic (exact) mass is 451 g/mol. The van der Waals surface area contributed by atoms with E-state index in [0.29, 0.717) is 25.8 Å². The van der Waals surface area contributed by atoms with Gasteiger partial charge in [-0.05, 0) is 49.2 Å². The molecule has 8 heteroatoms. The lowest BCUT2D eigenvalue weighted by Gasteiger charge is -2.26. The molecule has 0 spiro atoms. The van der Waals surface area contributed by atoms with E-state index in [2.05, 4.69) is 29.2 Å². The Morgan fingerprint density at radius 1 is 1.12 bits per heavy atom. The fraction of sp³-hybridized carbons (Fsp3) is 0.292. The Morgan fingerprint density at radius 3 is 2.59 bits per heavy atom. The molecule has 2 aromatic carbocycles. The number of aromatic hydroxyl groups is 1. The average Bonchev–Trinajstić information content (AvgIpc) is 3.50. The number of fused-ring (bicyclic) bond motifs is 1. The van der Waals surface area contributed by atoms with Crippen molar-refractivity contribution in [2.45, 2.75) is 25.8 Å². The van der Waals surface area contributed by atoms with Crippen LogP contribution >= 0.6 is 11.3 Å². The molecule has 1 aromatic heterocycles. The zero-order chi connectivity index (χ0) is 22.2. The van der Waals surface area contributed by atoms with Crippen LogP contribution in [0.5, 0.6) is 5.75 Å². The maximum atomic E-state index is 13.9. The number of amides is 1. The fourth-order valence-electron chi connectivity index (χ4n) is 4.30. The van der Waals surface area contributed by atoms with E-state index in [1.807, 2.05) is 0 Å². The molecule has 164 valence electrons. The summed E-state index contributed by atoms with van der Waals surface area (Å²) in [7, 11) is 0. The summed E-state index contributed by atoms with van der Waals surface area (Å²) in [6.07, 6.45) is 3.44. The number of rotatable bonds is 4. The van der Waals surface area contributed by atoms with Gasteiger partial charge >= 0.3 is 0 Å². The van der Waals surface area contributed by atoms with Crippen molar-refractivity contribution in [3.8, 4) is 16.3 Å². The normalized spacial score (nSPS) is 15.7. The van der Waals surface area contributed by atoms with Crippen molar-refractivity contribution in [1.29, 1.82) is 0 Å². The third-order valence-electron chi connectivity index (χ3n) is 6.07. The number of phenols is 1. The van der Waals surface area contributed by atoms with Gasteiger partial charge < -0.3 is 14.9 Å². The Labute approximate surface area is 188 Å². The first-order chi connectivity index (χ1) is 15.5. The highest BCUT2D eigenvalue weighted by Crippen LogP contribution is 2.34. The van der Waals surface area contributed by atoms with Crippen molar-refractivity contribution in [3.63, 3.8) is 0 Å². The molecule has 1 saturated heterocycles. The van der Waals surface area contributed by atoms with Gasteiger partial charge in [0.05, 0.1) is 17.8 Å². The van der Waals surface area contributed by atoms with E-state index in [9.17, 15) is 19.1 Å². The molecule has 1 amide bonds. The molecule has 0 aliphatic carbocycles. The molecule has 2 aliphatic heterocycles. The molecule has 1 N–H and O–H groups in total. The fourth-order valence-corrected chi connectivity index (χ4v) is 5.43. The van der Waals surface area contributed by atoms with Crippen molar-refractivity contribution in [3.05, 3.63) is 63.9 Å². The van der Waals surface area contributed by atoms with E-state index >= 15 is 0 Å². The quantitative estimate of drug-likeness (QED) is 0.600. The minimum absolute atomic E-state index is 0.0492. The van der Waals surface area contributed by atoms with Crippen LogP contribution in [0.15, 0.2) is 36.4 Å². The molecule has 5 rings (SSSR count). The van der Waals surface area contributed by atoms with Gasteiger partial charge in [0.2, 0.25) is 0 Å². The summed E-state index contributed by atoms with van der Waals surface area (Å²) in [6, 6.07) is 10.7. The molecular formula is C24H22FN3O3S. The van der Waals surface area contributed by atoms with Crippen molar-refractivity contribution in [1.82, 2.24) is 9.88 Å². The minimum atomic E-state index is -0.979. The predicted molar refractivity (Wildman–Crippen MR) is 121 cm³/mol. The number of aldehydes is 1. The number of phenolic OH excluding ortho intramolecular Hbond substituents is 1. The van der Waals surface area contributed by atoms with Gasteiger partial charge in [0.15, 0.2) is 17.9 Å². The highest BCUT2D eigenvalue weighted by Gasteiger charge is 2.26. The number of carbonyl (C=O) groups excluding carboxylic acids is 2. The number of aromatic nitrogens is 1. The Kier molecular flexibility index (Phi) is 5.38. The minimum Gasteiger partial charge on any atom is -0.504 e. The van der Waals surface area contributed by atoms with E-state index < -0.39 is 11.6 Å². The van der Waals surface area contributed by atoms with Crippen LogP contribution in [0.2, 0.25) is 0 Å². The van der Waals surface area contributed by atoms with E-state index in [1.54, 1.807) is 16.2 Å². The molecule has 0 unspecified atom stereocenters. The molecule has 6 nitrogen and oxygen atoms in total. The first-order valence-electron chi connectivity index (χ1n) is 10.6. The second-order valence-corrected chi connectivity index (χ2v) is 9.20. The number of benzene rings is 2. The standard InChI is InChI=1S/C24H22FN3O3S/c25-19-12-16(11-17(14-29)22(19)30)24(31)28-10-7-20-21(13-28)32-23(26-20)15-3-5-18(6-4-15)27-8-1-2-9-27/h3-6,11-12,14,30H,1-2,7-10,13H2. The van der Waals surface area contributed by atoms with Gasteiger partial charge in [-0.25, -0.2) is 9.37 Å². The molecule has 0 atom stereocenters. The van der Waals surface area contributed by atoms with Gasteiger partial charge in [-0.1, -0.05) is 0 Å². The maximum absolute atomic E-state index is 13.9. The molecule has 2 aliphatic rings. The van der Waals surface area contributed by atoms with Crippen LogP contribution in [0, 0.1) is 5.82 Å². The van der Waals surface area contributed by atoms with Gasteiger partial charge in [-0.2, -0.15) is 0 Å². The first kappa shape index (κ1) is 20.6. The van der Waals surface area contributed by atoms with Gasteiger partial charge in [0, 0.05) is 47.7 Å².